The van der Waals surface area contributed by atoms with Crippen LogP contribution in [0.2, 0.25) is 0 Å². The molecular formula is C23H18N5O2S2+. The van der Waals surface area contributed by atoms with Crippen molar-refractivity contribution in [1.82, 2.24) is 19.5 Å². The first-order valence-electron chi connectivity index (χ1n) is 9.69. The third-order valence-electron chi connectivity index (χ3n) is 4.87. The fraction of sp³-hybridized carbons (Fsp3) is 0. The van der Waals surface area contributed by atoms with Crippen LogP contribution in [0.1, 0.15) is 0 Å². The van der Waals surface area contributed by atoms with E-state index in [4.69, 9.17) is 4.98 Å². The fourth-order valence-corrected chi connectivity index (χ4v) is 4.76. The van der Waals surface area contributed by atoms with E-state index in [1.807, 2.05) is 34.9 Å². The van der Waals surface area contributed by atoms with Gasteiger partial charge in [-0.2, -0.15) is 8.42 Å². The molecule has 0 aliphatic carbocycles. The van der Waals surface area contributed by atoms with Gasteiger partial charge in [0, 0.05) is 21.0 Å². The number of imidazole rings is 1. The smallest absolute Gasteiger partial charge is 0.277 e. The Morgan fingerprint density at radius 2 is 1.53 bits per heavy atom. The van der Waals surface area contributed by atoms with Crippen LogP contribution in [0.15, 0.2) is 106 Å². The zero-order chi connectivity index (χ0) is 22.1. The number of sulfonamides is 1. The average molecular weight is 461 g/mol. The number of aromatic nitrogens is 4. The summed E-state index contributed by atoms with van der Waals surface area (Å²) in [6, 6.07) is 24.9. The van der Waals surface area contributed by atoms with Gasteiger partial charge in [0.05, 0.1) is 6.20 Å². The first-order valence-corrected chi connectivity index (χ1v) is 12.2. The van der Waals surface area contributed by atoms with Gasteiger partial charge in [-0.05, 0) is 60.7 Å². The number of nitrogens with zero attached hydrogens (tertiary/aromatic N) is 4. The van der Waals surface area contributed by atoms with Gasteiger partial charge in [0.15, 0.2) is 5.65 Å². The lowest BCUT2D eigenvalue weighted by atomic mass is 10.2. The van der Waals surface area contributed by atoms with E-state index in [1.54, 1.807) is 30.1 Å². The Morgan fingerprint density at radius 1 is 0.844 bits per heavy atom. The predicted octanol–water partition coefficient (Wildman–Crippen LogP) is 3.56. The van der Waals surface area contributed by atoms with Gasteiger partial charge < -0.3 is 0 Å². The van der Waals surface area contributed by atoms with Crippen molar-refractivity contribution in [2.75, 3.05) is 0 Å². The highest BCUT2D eigenvalue weighted by Crippen LogP contribution is 2.31. The van der Waals surface area contributed by atoms with Gasteiger partial charge in [-0.3, -0.25) is 4.57 Å². The minimum atomic E-state index is -3.52. The summed E-state index contributed by atoms with van der Waals surface area (Å²) in [5, 5.41) is 3.21. The van der Waals surface area contributed by atoms with Crippen molar-refractivity contribution >= 4 is 32.9 Å². The van der Waals surface area contributed by atoms with Crippen LogP contribution in [-0.2, 0) is 10.0 Å². The van der Waals surface area contributed by atoms with Crippen LogP contribution in [0.3, 0.4) is 0 Å². The number of quaternary nitrogens is 1. The quantitative estimate of drug-likeness (QED) is 0.430. The first-order chi connectivity index (χ1) is 15.5. The molecule has 0 unspecified atom stereocenters. The molecule has 0 fully saturated rings. The number of benzene rings is 3. The van der Waals surface area contributed by atoms with E-state index in [9.17, 15) is 8.42 Å². The van der Waals surface area contributed by atoms with Crippen LogP contribution in [0.5, 0.6) is 0 Å². The summed E-state index contributed by atoms with van der Waals surface area (Å²) < 4.78 is 25.4. The Labute approximate surface area is 189 Å². The van der Waals surface area contributed by atoms with Gasteiger partial charge in [-0.25, -0.2) is 20.1 Å². The summed E-state index contributed by atoms with van der Waals surface area (Å²) in [5.41, 5.74) is 2.98. The van der Waals surface area contributed by atoms with Crippen LogP contribution in [0.25, 0.3) is 28.2 Å². The van der Waals surface area contributed by atoms with Gasteiger partial charge in [-0.1, -0.05) is 30.0 Å². The highest BCUT2D eigenvalue weighted by molar-refractivity contribution is 7.99. The molecule has 3 aromatic carbocycles. The molecule has 0 atom stereocenters. The maximum absolute atomic E-state index is 11.7. The Bertz CT molecular complexity index is 1500. The summed E-state index contributed by atoms with van der Waals surface area (Å²) in [4.78, 5) is 15.7. The van der Waals surface area contributed by atoms with Gasteiger partial charge in [-0.15, -0.1) is 0 Å². The maximum atomic E-state index is 11.7. The third-order valence-corrected chi connectivity index (χ3v) is 6.87. The van der Waals surface area contributed by atoms with Gasteiger partial charge in [0.1, 0.15) is 22.6 Å². The van der Waals surface area contributed by atoms with Crippen LogP contribution in [0, 0.1) is 0 Å². The summed E-state index contributed by atoms with van der Waals surface area (Å²) >= 11 is 1.69. The lowest BCUT2D eigenvalue weighted by Crippen LogP contribution is -2.56. The van der Waals surface area contributed by atoms with Gasteiger partial charge in [0.25, 0.3) is 0 Å². The topological polar surface area (TPSA) is 105 Å². The highest BCUT2D eigenvalue weighted by atomic mass is 32.2. The minimum absolute atomic E-state index is 0.158. The Morgan fingerprint density at radius 3 is 2.22 bits per heavy atom. The molecule has 0 spiro atoms. The number of hydrogen-bond donors (Lipinski definition) is 1. The lowest BCUT2D eigenvalue weighted by molar-refractivity contribution is -0.164. The molecule has 0 aliphatic rings. The van der Waals surface area contributed by atoms with E-state index in [0.717, 1.165) is 16.1 Å². The zero-order valence-electron chi connectivity index (χ0n) is 16.8. The number of hydrogen-bond acceptors (Lipinski definition) is 6. The first kappa shape index (κ1) is 20.4. The predicted molar refractivity (Wildman–Crippen MR) is 123 cm³/mol. The SMILES string of the molecule is [NH3+]S(=O)(=O)c1ccc(-c2nc3cncnc3n2-c2ccc(Sc3ccccc3)cc2)cc1. The molecule has 5 rings (SSSR count). The average Bonchev–Trinajstić information content (AvgIpc) is 3.19. The fourth-order valence-electron chi connectivity index (χ4n) is 3.37. The second-order valence-electron chi connectivity index (χ2n) is 7.05. The van der Waals surface area contributed by atoms with Crippen molar-refractivity contribution in [2.45, 2.75) is 14.7 Å². The molecule has 2 heterocycles. The van der Waals surface area contributed by atoms with Crippen molar-refractivity contribution in [1.29, 1.82) is 0 Å². The van der Waals surface area contributed by atoms with Crippen molar-refractivity contribution in [3.8, 4) is 17.1 Å². The molecule has 7 nitrogen and oxygen atoms in total. The van der Waals surface area contributed by atoms with E-state index in [-0.39, 0.29) is 4.90 Å². The third kappa shape index (κ3) is 4.01. The number of rotatable bonds is 5. The molecule has 0 aliphatic heterocycles. The molecule has 9 heteroatoms. The highest BCUT2D eigenvalue weighted by Gasteiger charge is 2.17. The van der Waals surface area contributed by atoms with Crippen LogP contribution >= 0.6 is 11.8 Å². The lowest BCUT2D eigenvalue weighted by Gasteiger charge is -2.10. The maximum Gasteiger partial charge on any atom is 0.322 e. The van der Waals surface area contributed by atoms with E-state index < -0.39 is 10.0 Å². The molecule has 0 amide bonds. The standard InChI is InChI=1S/C23H17N5O2S2/c24-32(29,30)20-12-6-16(7-13-20)22-27-21-14-25-15-26-23(21)28(22)17-8-10-19(11-9-17)31-18-4-2-1-3-5-18/h1-15H,(H2,24,29,30)/p+1. The van der Waals surface area contributed by atoms with Crippen LogP contribution in [0.4, 0.5) is 0 Å². The number of fused-ring (bicyclic) bond motifs is 1. The molecule has 158 valence electrons. The van der Waals surface area contributed by atoms with Crippen molar-refractivity contribution in [2.24, 2.45) is 0 Å². The van der Waals surface area contributed by atoms with Gasteiger partial charge in [0.2, 0.25) is 0 Å². The Kier molecular flexibility index (Phi) is 5.22. The molecule has 2 aromatic heterocycles. The normalized spacial score (nSPS) is 11.7. The van der Waals surface area contributed by atoms with Gasteiger partial charge >= 0.3 is 10.0 Å². The Balaban J connectivity index is 1.58. The molecule has 3 N–H and O–H groups in total. The summed E-state index contributed by atoms with van der Waals surface area (Å²) in [7, 11) is -3.52. The summed E-state index contributed by atoms with van der Waals surface area (Å²) in [6.07, 6.45) is 3.15. The molecule has 0 radical (unpaired) electrons. The Hall–Kier alpha value is -3.53. The minimum Gasteiger partial charge on any atom is -0.277 e. The van der Waals surface area contributed by atoms with Crippen molar-refractivity contribution in [3.05, 3.63) is 91.4 Å². The molecular weight excluding hydrogens is 442 g/mol. The second kappa shape index (κ2) is 8.19. The zero-order valence-corrected chi connectivity index (χ0v) is 18.4. The molecule has 0 saturated heterocycles. The molecule has 5 aromatic rings. The van der Waals surface area contributed by atoms with Crippen LogP contribution < -0.4 is 5.14 Å². The van der Waals surface area contributed by atoms with E-state index in [2.05, 4.69) is 39.4 Å². The summed E-state index contributed by atoms with van der Waals surface area (Å²) in [5.74, 6) is 0.650. The largest absolute Gasteiger partial charge is 0.322 e. The van der Waals surface area contributed by atoms with E-state index in [1.165, 1.54) is 23.4 Å². The summed E-state index contributed by atoms with van der Waals surface area (Å²) in [6.45, 7) is 0. The van der Waals surface area contributed by atoms with Crippen LogP contribution in [-0.4, -0.2) is 27.9 Å². The molecule has 0 bridgehead atoms. The molecule has 0 saturated carbocycles. The van der Waals surface area contributed by atoms with Crippen molar-refractivity contribution in [3.63, 3.8) is 0 Å². The van der Waals surface area contributed by atoms with E-state index in [0.29, 0.717) is 17.0 Å². The van der Waals surface area contributed by atoms with E-state index >= 15 is 0 Å². The van der Waals surface area contributed by atoms with Crippen molar-refractivity contribution < 1.29 is 13.6 Å². The molecule has 32 heavy (non-hydrogen) atoms. The second-order valence-corrected chi connectivity index (χ2v) is 9.90. The monoisotopic (exact) mass is 460 g/mol.